The van der Waals surface area contributed by atoms with Crippen LogP contribution in [-0.2, 0) is 3.83 Å². The Bertz CT molecular complexity index is 31.0. The molecule has 0 aromatic carbocycles. The quantitative estimate of drug-likeness (QED) is 0.414. The Hall–Kier alpha value is 1.32. The minimum atomic E-state index is -1.15. The summed E-state index contributed by atoms with van der Waals surface area (Å²) in [6.07, 6.45) is 0. The van der Waals surface area contributed by atoms with Crippen molar-refractivity contribution in [1.82, 2.24) is 0 Å². The Kier molecular flexibility index (Phi) is 3.39. The minimum absolute atomic E-state index is 0.918. The van der Waals surface area contributed by atoms with E-state index in [1.807, 2.05) is 0 Å². The van der Waals surface area contributed by atoms with Gasteiger partial charge in [0.05, 0.1) is 0 Å². The third-order valence-corrected chi connectivity index (χ3v) is 0. The van der Waals surface area contributed by atoms with E-state index in [-0.39, 0.29) is 0 Å². The van der Waals surface area contributed by atoms with Crippen LogP contribution in [0.2, 0.25) is 5.82 Å². The monoisotopic (exact) mass is 134 g/mol. The molecule has 0 bridgehead atoms. The second-order valence-electron chi connectivity index (χ2n) is 0.742. The fourth-order valence-electron chi connectivity index (χ4n) is 0. The van der Waals surface area contributed by atoms with E-state index in [0.717, 1.165) is 25.4 Å². The first-order valence-electron chi connectivity index (χ1n) is 0.983. The van der Waals surface area contributed by atoms with Crippen LogP contribution in [0.15, 0.2) is 0 Å². The van der Waals surface area contributed by atoms with Crippen LogP contribution < -0.4 is 0 Å². The summed E-state index contributed by atoms with van der Waals surface area (Å²) >= 11 is 0.918. The van der Waals surface area contributed by atoms with Gasteiger partial charge in [-0.05, 0) is 0 Å². The molecule has 0 saturated carbocycles. The Balaban J connectivity index is 2.80. The zero-order valence-electron chi connectivity index (χ0n) is 2.82. The molecular formula is CH3NaOSe. The van der Waals surface area contributed by atoms with Gasteiger partial charge in [0.1, 0.15) is 0 Å². The van der Waals surface area contributed by atoms with Crippen molar-refractivity contribution in [2.45, 2.75) is 5.82 Å². The van der Waals surface area contributed by atoms with Gasteiger partial charge in [0.25, 0.3) is 0 Å². The fourth-order valence-corrected chi connectivity index (χ4v) is 0. The summed E-state index contributed by atoms with van der Waals surface area (Å²) in [5, 5.41) is 0. The summed E-state index contributed by atoms with van der Waals surface area (Å²) in [6, 6.07) is 0. The molecule has 0 aliphatic rings. The normalized spacial score (nSPS) is 15.8. The molecule has 0 aliphatic heterocycles. The standard InChI is InChI=1S/CH3OSe.Na/c1-3-2;/h1H3;/q+1;-1. The van der Waals surface area contributed by atoms with Gasteiger partial charge < -0.3 is 0 Å². The second-order valence-corrected chi connectivity index (χ2v) is 9.83. The predicted octanol–water partition coefficient (Wildman–Crippen LogP) is -0.297. The van der Waals surface area contributed by atoms with Crippen LogP contribution in [0, 0.1) is 0 Å². The van der Waals surface area contributed by atoms with Crippen LogP contribution in [-0.4, -0.2) is 34.8 Å². The third kappa shape index (κ3) is 10.3. The van der Waals surface area contributed by atoms with Crippen molar-refractivity contribution < 1.29 is 3.83 Å². The van der Waals surface area contributed by atoms with Crippen LogP contribution >= 0.6 is 0 Å². The molecule has 0 N–H and O–H groups in total. The van der Waals surface area contributed by atoms with Gasteiger partial charge in [-0.25, -0.2) is 0 Å². The Labute approximate surface area is 44.1 Å². The van der Waals surface area contributed by atoms with E-state index in [2.05, 4.69) is 0 Å². The molecule has 20 valence electrons. The Morgan fingerprint density at radius 1 is 2.00 bits per heavy atom. The summed E-state index contributed by atoms with van der Waals surface area (Å²) in [6.45, 7) is 0. The number of rotatable bonds is 0. The van der Waals surface area contributed by atoms with E-state index in [9.17, 15) is 3.83 Å². The number of hydrogen-bond donors (Lipinski definition) is 0. The van der Waals surface area contributed by atoms with Crippen molar-refractivity contribution in [3.05, 3.63) is 0 Å². The molecule has 0 heterocycles. The van der Waals surface area contributed by atoms with Crippen molar-refractivity contribution in [2.75, 3.05) is 0 Å². The molecule has 1 unspecified atom stereocenters. The first-order chi connectivity index (χ1) is 1.73. The molecule has 3 heteroatoms. The molecule has 1 nitrogen and oxygen atoms in total. The molecule has 1 atom stereocenters. The van der Waals surface area contributed by atoms with Gasteiger partial charge in [0, 0.05) is 0 Å². The summed E-state index contributed by atoms with van der Waals surface area (Å²) in [7, 11) is -1.15. The van der Waals surface area contributed by atoms with Gasteiger partial charge in [-0.15, -0.1) is 0 Å². The van der Waals surface area contributed by atoms with Crippen molar-refractivity contribution in [3.63, 3.8) is 0 Å². The van der Waals surface area contributed by atoms with Crippen LogP contribution in [0.25, 0.3) is 0 Å². The third-order valence-electron chi connectivity index (χ3n) is 0. The van der Waals surface area contributed by atoms with Crippen LogP contribution in [0.5, 0.6) is 0 Å². The van der Waals surface area contributed by atoms with Crippen molar-refractivity contribution in [1.29, 1.82) is 0 Å². The van der Waals surface area contributed by atoms with E-state index in [1.165, 1.54) is 0 Å². The van der Waals surface area contributed by atoms with Crippen molar-refractivity contribution in [3.8, 4) is 0 Å². The summed E-state index contributed by atoms with van der Waals surface area (Å²) in [5.41, 5.74) is 0. The zero-order chi connectivity index (χ0) is 3.58. The summed E-state index contributed by atoms with van der Waals surface area (Å²) in [4.78, 5) is 0. The summed E-state index contributed by atoms with van der Waals surface area (Å²) in [5.74, 6) is 1.80. The molecule has 0 fully saturated rings. The molecule has 0 aliphatic carbocycles. The van der Waals surface area contributed by atoms with Gasteiger partial charge in [-0.1, -0.05) is 0 Å². The Morgan fingerprint density at radius 2 is 2.00 bits per heavy atom. The maximum absolute atomic E-state index is 9.71. The first kappa shape index (κ1) is 5.32. The molecule has 0 aromatic heterocycles. The molecule has 0 rings (SSSR count). The van der Waals surface area contributed by atoms with Gasteiger partial charge in [0.2, 0.25) is 0 Å². The molecule has 4 heavy (non-hydrogen) atoms. The van der Waals surface area contributed by atoms with Gasteiger partial charge in [-0.2, -0.15) is 0 Å². The molecule has 0 aromatic rings. The van der Waals surface area contributed by atoms with Gasteiger partial charge >= 0.3 is 44.4 Å². The zero-order valence-corrected chi connectivity index (χ0v) is 6.53. The Morgan fingerprint density at radius 3 is 2.00 bits per heavy atom. The molecule has 0 saturated heterocycles. The van der Waals surface area contributed by atoms with E-state index >= 15 is 0 Å². The SMILES string of the molecule is C[Se](=O)[Na]. The second kappa shape index (κ2) is 2.55. The van der Waals surface area contributed by atoms with Crippen LogP contribution in [0.3, 0.4) is 0 Å². The predicted molar refractivity (Wildman–Crippen MR) is 18.1 cm³/mol. The molecule has 0 radical (unpaired) electrons. The van der Waals surface area contributed by atoms with E-state index in [1.54, 1.807) is 5.82 Å². The fraction of sp³-hybridized carbons (Fsp3) is 1.00. The van der Waals surface area contributed by atoms with E-state index < -0.39 is 9.39 Å². The van der Waals surface area contributed by atoms with Crippen molar-refractivity contribution in [2.24, 2.45) is 0 Å². The molecular weight excluding hydrogens is 130 g/mol. The maximum atomic E-state index is 9.71. The molecule has 0 amide bonds. The summed E-state index contributed by atoms with van der Waals surface area (Å²) < 4.78 is 9.71. The van der Waals surface area contributed by atoms with Gasteiger partial charge in [0.15, 0.2) is 0 Å². The average Bonchev–Trinajstić information content (AvgIpc) is 0.811. The van der Waals surface area contributed by atoms with Gasteiger partial charge in [-0.3, -0.25) is 0 Å². The first-order valence-corrected chi connectivity index (χ1v) is 9.35. The topological polar surface area (TPSA) is 17.1 Å². The number of hydrogen-bond acceptors (Lipinski definition) is 1. The average molecular weight is 133 g/mol. The van der Waals surface area contributed by atoms with Crippen molar-refractivity contribution >= 4 is 34.8 Å². The molecule has 0 spiro atoms. The van der Waals surface area contributed by atoms with Crippen LogP contribution in [0.1, 0.15) is 0 Å². The van der Waals surface area contributed by atoms with E-state index in [0.29, 0.717) is 0 Å². The van der Waals surface area contributed by atoms with Crippen LogP contribution in [0.4, 0.5) is 0 Å². The van der Waals surface area contributed by atoms with E-state index in [4.69, 9.17) is 0 Å².